The highest BCUT2D eigenvalue weighted by Crippen LogP contribution is 2.14. The minimum Gasteiger partial charge on any atom is -0.469 e. The molecule has 0 spiro atoms. The quantitative estimate of drug-likeness (QED) is 0.805. The number of furan rings is 1. The first kappa shape index (κ1) is 11.3. The number of nitrogens with zero attached hydrogens (tertiary/aromatic N) is 1. The van der Waals surface area contributed by atoms with E-state index in [-0.39, 0.29) is 0 Å². The summed E-state index contributed by atoms with van der Waals surface area (Å²) in [6.07, 6.45) is 3.63. The molecule has 2 N–H and O–H groups in total. The van der Waals surface area contributed by atoms with Crippen molar-refractivity contribution in [1.29, 1.82) is 0 Å². The van der Waals surface area contributed by atoms with Gasteiger partial charge < -0.3 is 9.73 Å². The summed E-state index contributed by atoms with van der Waals surface area (Å²) in [7, 11) is 0. The van der Waals surface area contributed by atoms with Crippen LogP contribution in [0.5, 0.6) is 0 Å². The van der Waals surface area contributed by atoms with Gasteiger partial charge in [-0.2, -0.15) is 0 Å². The van der Waals surface area contributed by atoms with Crippen LogP contribution in [0.2, 0.25) is 0 Å². The Kier molecular flexibility index (Phi) is 3.74. The Labute approximate surface area is 103 Å². The number of rotatable bonds is 5. The van der Waals surface area contributed by atoms with Crippen LogP contribution in [0.15, 0.2) is 22.8 Å². The lowest BCUT2D eigenvalue weighted by atomic mass is 10.1. The van der Waals surface area contributed by atoms with Gasteiger partial charge in [0, 0.05) is 12.5 Å². The summed E-state index contributed by atoms with van der Waals surface area (Å²) in [5, 5.41) is 10.9. The van der Waals surface area contributed by atoms with E-state index < -0.39 is 0 Å². The first-order valence-corrected chi connectivity index (χ1v) is 6.31. The maximum atomic E-state index is 5.27. The molecule has 0 saturated heterocycles. The molecular weight excluding hydrogens is 242 g/mol. The van der Waals surface area contributed by atoms with Crippen LogP contribution in [0.3, 0.4) is 0 Å². The number of hydrogen-bond acceptors (Lipinski definition) is 5. The molecule has 2 aromatic rings. The highest BCUT2D eigenvalue weighted by molar-refractivity contribution is 7.73. The molecule has 0 radical (unpaired) electrons. The summed E-state index contributed by atoms with van der Waals surface area (Å²) in [5.41, 5.74) is 0. The van der Waals surface area contributed by atoms with Crippen molar-refractivity contribution in [3.63, 3.8) is 0 Å². The fraction of sp³-hybridized carbons (Fsp3) is 0.400. The van der Waals surface area contributed by atoms with Crippen LogP contribution in [-0.2, 0) is 6.42 Å². The Balaban J connectivity index is 1.80. The maximum absolute atomic E-state index is 5.27. The van der Waals surface area contributed by atoms with Gasteiger partial charge in [-0.15, -0.1) is 5.10 Å². The molecule has 6 heteroatoms. The molecule has 0 aliphatic heterocycles. The van der Waals surface area contributed by atoms with E-state index in [1.807, 2.05) is 12.1 Å². The van der Waals surface area contributed by atoms with Crippen molar-refractivity contribution < 1.29 is 4.42 Å². The highest BCUT2D eigenvalue weighted by atomic mass is 32.1. The summed E-state index contributed by atoms with van der Waals surface area (Å²) in [4.78, 5) is 0. The lowest BCUT2D eigenvalue weighted by Crippen LogP contribution is -2.15. The Morgan fingerprint density at radius 3 is 3.19 bits per heavy atom. The first-order chi connectivity index (χ1) is 7.74. The normalized spacial score (nSPS) is 12.6. The molecule has 0 fully saturated rings. The zero-order valence-corrected chi connectivity index (χ0v) is 10.5. The molecule has 0 bridgehead atoms. The third kappa shape index (κ3) is 3.18. The van der Waals surface area contributed by atoms with Gasteiger partial charge in [0.05, 0.1) is 6.26 Å². The van der Waals surface area contributed by atoms with Gasteiger partial charge in [-0.3, -0.25) is 5.10 Å². The monoisotopic (exact) mass is 255 g/mol. The second kappa shape index (κ2) is 5.27. The smallest absolute Gasteiger partial charge is 0.204 e. The average molecular weight is 255 g/mol. The van der Waals surface area contributed by atoms with Gasteiger partial charge in [-0.25, -0.2) is 0 Å². The summed E-state index contributed by atoms with van der Waals surface area (Å²) < 4.78 is 5.97. The predicted molar refractivity (Wildman–Crippen MR) is 67.4 cm³/mol. The van der Waals surface area contributed by atoms with Gasteiger partial charge >= 0.3 is 0 Å². The molecule has 1 atom stereocenters. The third-order valence-electron chi connectivity index (χ3n) is 2.21. The van der Waals surface area contributed by atoms with Crippen molar-refractivity contribution in [1.82, 2.24) is 10.2 Å². The van der Waals surface area contributed by atoms with Gasteiger partial charge in [-0.1, -0.05) is 11.3 Å². The van der Waals surface area contributed by atoms with E-state index in [2.05, 4.69) is 22.4 Å². The second-order valence-electron chi connectivity index (χ2n) is 3.58. The first-order valence-electron chi connectivity index (χ1n) is 5.08. The Morgan fingerprint density at radius 2 is 2.56 bits per heavy atom. The molecular formula is C10H13N3OS2. The molecule has 4 nitrogen and oxygen atoms in total. The molecule has 0 saturated carbocycles. The lowest BCUT2D eigenvalue weighted by Gasteiger charge is -2.10. The van der Waals surface area contributed by atoms with E-state index in [4.69, 9.17) is 16.6 Å². The SMILES string of the molecule is CC(CCc1ccco1)Nc1n[nH]c(=S)s1. The van der Waals surface area contributed by atoms with Crippen LogP contribution in [-0.4, -0.2) is 16.2 Å². The van der Waals surface area contributed by atoms with Crippen molar-refractivity contribution in [2.24, 2.45) is 0 Å². The molecule has 2 aromatic heterocycles. The van der Waals surface area contributed by atoms with Crippen LogP contribution in [0.1, 0.15) is 19.1 Å². The molecule has 16 heavy (non-hydrogen) atoms. The molecule has 2 heterocycles. The number of aromatic nitrogens is 2. The van der Waals surface area contributed by atoms with Crippen LogP contribution < -0.4 is 5.32 Å². The number of anilines is 1. The Hall–Kier alpha value is -1.14. The van der Waals surface area contributed by atoms with E-state index in [1.54, 1.807) is 6.26 Å². The second-order valence-corrected chi connectivity index (χ2v) is 5.25. The minimum absolute atomic E-state index is 0.346. The van der Waals surface area contributed by atoms with E-state index >= 15 is 0 Å². The molecule has 0 amide bonds. The zero-order chi connectivity index (χ0) is 11.4. The maximum Gasteiger partial charge on any atom is 0.204 e. The van der Waals surface area contributed by atoms with Gasteiger partial charge in [0.15, 0.2) is 3.95 Å². The molecule has 1 unspecified atom stereocenters. The minimum atomic E-state index is 0.346. The van der Waals surface area contributed by atoms with Gasteiger partial charge in [0.2, 0.25) is 5.13 Å². The van der Waals surface area contributed by atoms with E-state index in [0.29, 0.717) is 10.00 Å². The molecule has 2 rings (SSSR count). The topological polar surface area (TPSA) is 53.9 Å². The molecule has 0 aliphatic rings. The van der Waals surface area contributed by atoms with Gasteiger partial charge in [0.1, 0.15) is 5.76 Å². The van der Waals surface area contributed by atoms with Crippen molar-refractivity contribution >= 4 is 28.7 Å². The summed E-state index contributed by atoms with van der Waals surface area (Å²) in [5.74, 6) is 1.02. The molecule has 0 aliphatic carbocycles. The van der Waals surface area contributed by atoms with Crippen LogP contribution in [0.4, 0.5) is 5.13 Å². The number of hydrogen-bond donors (Lipinski definition) is 2. The fourth-order valence-electron chi connectivity index (χ4n) is 1.39. The number of aryl methyl sites for hydroxylation is 1. The van der Waals surface area contributed by atoms with E-state index in [9.17, 15) is 0 Å². The Morgan fingerprint density at radius 1 is 1.69 bits per heavy atom. The van der Waals surface area contributed by atoms with E-state index in [1.165, 1.54) is 11.3 Å². The van der Waals surface area contributed by atoms with Crippen LogP contribution in [0, 0.1) is 3.95 Å². The van der Waals surface area contributed by atoms with Gasteiger partial charge in [-0.05, 0) is 37.7 Å². The van der Waals surface area contributed by atoms with Crippen molar-refractivity contribution in [3.8, 4) is 0 Å². The number of nitrogens with one attached hydrogen (secondary N) is 2. The Bertz CT molecular complexity index is 474. The van der Waals surface area contributed by atoms with Crippen molar-refractivity contribution in [3.05, 3.63) is 28.1 Å². The van der Waals surface area contributed by atoms with E-state index in [0.717, 1.165) is 23.7 Å². The number of H-pyrrole nitrogens is 1. The standard InChI is InChI=1S/C10H13N3OS2/c1-7(4-5-8-3-2-6-14-8)11-9-12-13-10(15)16-9/h2-3,6-7H,4-5H2,1H3,(H,11,12)(H,13,15). The molecule has 86 valence electrons. The summed E-state index contributed by atoms with van der Waals surface area (Å²) in [6.45, 7) is 2.12. The largest absolute Gasteiger partial charge is 0.469 e. The lowest BCUT2D eigenvalue weighted by molar-refractivity contribution is 0.495. The fourth-order valence-corrected chi connectivity index (χ4v) is 2.29. The predicted octanol–water partition coefficient (Wildman–Crippen LogP) is 3.23. The van der Waals surface area contributed by atoms with Crippen LogP contribution >= 0.6 is 23.6 Å². The van der Waals surface area contributed by atoms with Crippen LogP contribution in [0.25, 0.3) is 0 Å². The average Bonchev–Trinajstić information content (AvgIpc) is 2.87. The molecule has 0 aromatic carbocycles. The van der Waals surface area contributed by atoms with Crippen molar-refractivity contribution in [2.75, 3.05) is 5.32 Å². The van der Waals surface area contributed by atoms with Gasteiger partial charge in [0.25, 0.3) is 0 Å². The summed E-state index contributed by atoms with van der Waals surface area (Å²) >= 11 is 6.41. The third-order valence-corrected chi connectivity index (χ3v) is 3.23. The summed E-state index contributed by atoms with van der Waals surface area (Å²) in [6, 6.07) is 4.25. The highest BCUT2D eigenvalue weighted by Gasteiger charge is 2.06. The van der Waals surface area contributed by atoms with Crippen molar-refractivity contribution in [2.45, 2.75) is 25.8 Å². The number of aromatic amines is 1. The zero-order valence-electron chi connectivity index (χ0n) is 8.90.